The first-order valence-electron chi connectivity index (χ1n) is 8.50. The summed E-state index contributed by atoms with van der Waals surface area (Å²) in [7, 11) is 1.67. The Balaban J connectivity index is 1.42. The van der Waals surface area contributed by atoms with Gasteiger partial charge in [0.1, 0.15) is 5.75 Å². The summed E-state index contributed by atoms with van der Waals surface area (Å²) in [6.45, 7) is 3.14. The summed E-state index contributed by atoms with van der Waals surface area (Å²) in [6, 6.07) is 15.9. The Morgan fingerprint density at radius 2 is 1.76 bits per heavy atom. The third-order valence-corrected chi connectivity index (χ3v) is 4.80. The number of methoxy groups -OCH3 is 1. The first kappa shape index (κ1) is 15.6. The highest BCUT2D eigenvalue weighted by Gasteiger charge is 2.22. The number of nitrogens with zero attached hydrogens (tertiary/aromatic N) is 2. The number of benzene rings is 2. The molecule has 1 aromatic heterocycles. The van der Waals surface area contributed by atoms with Gasteiger partial charge in [0.05, 0.1) is 7.11 Å². The van der Waals surface area contributed by atoms with Gasteiger partial charge >= 0.3 is 0 Å². The van der Waals surface area contributed by atoms with Crippen LogP contribution >= 0.6 is 0 Å². The van der Waals surface area contributed by atoms with Crippen LogP contribution in [0.1, 0.15) is 10.4 Å². The first-order chi connectivity index (χ1) is 12.2. The lowest BCUT2D eigenvalue weighted by Crippen LogP contribution is -2.48. The summed E-state index contributed by atoms with van der Waals surface area (Å²) in [4.78, 5) is 20.2. The third-order valence-electron chi connectivity index (χ3n) is 4.80. The minimum Gasteiger partial charge on any atom is -0.497 e. The molecule has 128 valence electrons. The number of nitrogens with one attached hydrogen (secondary N) is 1. The standard InChI is InChI=1S/C20H21N3O2/c1-25-18-5-3-17(4-6-18)22-10-12-23(13-11-22)20(24)16-2-7-19-15(14-16)8-9-21-19/h2-9,14,21H,10-13H2,1H3. The van der Waals surface area contributed by atoms with E-state index >= 15 is 0 Å². The third kappa shape index (κ3) is 3.05. The summed E-state index contributed by atoms with van der Waals surface area (Å²) < 4.78 is 5.21. The molecule has 0 saturated carbocycles. The second-order valence-corrected chi connectivity index (χ2v) is 6.26. The number of anilines is 1. The van der Waals surface area contributed by atoms with Crippen LogP contribution in [0.25, 0.3) is 10.9 Å². The van der Waals surface area contributed by atoms with E-state index in [0.717, 1.165) is 48.4 Å². The number of aromatic nitrogens is 1. The van der Waals surface area contributed by atoms with E-state index in [-0.39, 0.29) is 5.91 Å². The molecule has 0 aliphatic carbocycles. The normalized spacial score (nSPS) is 14.8. The summed E-state index contributed by atoms with van der Waals surface area (Å²) >= 11 is 0. The van der Waals surface area contributed by atoms with E-state index in [4.69, 9.17) is 4.74 Å². The van der Waals surface area contributed by atoms with Gasteiger partial charge in [0.2, 0.25) is 0 Å². The van der Waals surface area contributed by atoms with E-state index in [1.54, 1.807) is 7.11 Å². The maximum Gasteiger partial charge on any atom is 0.253 e. The number of aromatic amines is 1. The molecule has 1 saturated heterocycles. The molecule has 4 rings (SSSR count). The highest BCUT2D eigenvalue weighted by Crippen LogP contribution is 2.21. The number of rotatable bonds is 3. The second-order valence-electron chi connectivity index (χ2n) is 6.26. The van der Waals surface area contributed by atoms with Crippen LogP contribution in [0.4, 0.5) is 5.69 Å². The Labute approximate surface area is 146 Å². The number of carbonyl (C=O) groups excluding carboxylic acids is 1. The monoisotopic (exact) mass is 335 g/mol. The van der Waals surface area contributed by atoms with E-state index in [2.05, 4.69) is 22.0 Å². The van der Waals surface area contributed by atoms with Gasteiger partial charge in [0, 0.05) is 54.5 Å². The molecule has 1 amide bonds. The van der Waals surface area contributed by atoms with Gasteiger partial charge in [0.15, 0.2) is 0 Å². The Morgan fingerprint density at radius 3 is 2.48 bits per heavy atom. The van der Waals surface area contributed by atoms with Gasteiger partial charge in [-0.1, -0.05) is 0 Å². The van der Waals surface area contributed by atoms with Crippen molar-refractivity contribution in [2.24, 2.45) is 0 Å². The minimum absolute atomic E-state index is 0.109. The lowest BCUT2D eigenvalue weighted by Gasteiger charge is -2.36. The van der Waals surface area contributed by atoms with E-state index < -0.39 is 0 Å². The minimum atomic E-state index is 0.109. The molecule has 0 bridgehead atoms. The van der Waals surface area contributed by atoms with Crippen LogP contribution in [0.3, 0.4) is 0 Å². The Morgan fingerprint density at radius 1 is 1.00 bits per heavy atom. The molecule has 1 aliphatic heterocycles. The zero-order chi connectivity index (χ0) is 17.2. The lowest BCUT2D eigenvalue weighted by molar-refractivity contribution is 0.0747. The quantitative estimate of drug-likeness (QED) is 0.800. The number of hydrogen-bond donors (Lipinski definition) is 1. The molecular weight excluding hydrogens is 314 g/mol. The molecule has 1 N–H and O–H groups in total. The average molecular weight is 335 g/mol. The van der Waals surface area contributed by atoms with Crippen LogP contribution in [0.2, 0.25) is 0 Å². The first-order valence-corrected chi connectivity index (χ1v) is 8.50. The zero-order valence-electron chi connectivity index (χ0n) is 14.2. The van der Waals surface area contributed by atoms with Crippen LogP contribution < -0.4 is 9.64 Å². The number of carbonyl (C=O) groups is 1. The van der Waals surface area contributed by atoms with Gasteiger partial charge in [-0.15, -0.1) is 0 Å². The predicted octanol–water partition coefficient (Wildman–Crippen LogP) is 3.14. The number of ether oxygens (including phenoxy) is 1. The van der Waals surface area contributed by atoms with Crippen molar-refractivity contribution in [3.05, 3.63) is 60.3 Å². The Kier molecular flexibility index (Phi) is 4.06. The Hall–Kier alpha value is -2.95. The lowest BCUT2D eigenvalue weighted by atomic mass is 10.1. The summed E-state index contributed by atoms with van der Waals surface area (Å²) in [5.41, 5.74) is 2.98. The van der Waals surface area contributed by atoms with Crippen LogP contribution in [0.5, 0.6) is 5.75 Å². The van der Waals surface area contributed by atoms with E-state index in [0.29, 0.717) is 0 Å². The van der Waals surface area contributed by atoms with Crippen LogP contribution in [-0.2, 0) is 0 Å². The van der Waals surface area contributed by atoms with Gasteiger partial charge in [-0.05, 0) is 48.5 Å². The van der Waals surface area contributed by atoms with Crippen LogP contribution in [0.15, 0.2) is 54.7 Å². The fraction of sp³-hybridized carbons (Fsp3) is 0.250. The number of H-pyrrole nitrogens is 1. The van der Waals surface area contributed by atoms with Crippen molar-refractivity contribution in [2.45, 2.75) is 0 Å². The van der Waals surface area contributed by atoms with Gasteiger partial charge in [-0.2, -0.15) is 0 Å². The Bertz CT molecular complexity index is 877. The van der Waals surface area contributed by atoms with Crippen molar-refractivity contribution >= 4 is 22.5 Å². The highest BCUT2D eigenvalue weighted by atomic mass is 16.5. The average Bonchev–Trinajstić information content (AvgIpc) is 3.15. The SMILES string of the molecule is COc1ccc(N2CCN(C(=O)c3ccc4[nH]ccc4c3)CC2)cc1. The number of amides is 1. The predicted molar refractivity (Wildman–Crippen MR) is 99.4 cm³/mol. The molecule has 1 fully saturated rings. The molecule has 3 aromatic rings. The second kappa shape index (κ2) is 6.51. The molecule has 1 aliphatic rings. The molecule has 2 heterocycles. The summed E-state index contributed by atoms with van der Waals surface area (Å²) in [6.07, 6.45) is 1.90. The molecular formula is C20H21N3O2. The van der Waals surface area contributed by atoms with Crippen molar-refractivity contribution in [3.63, 3.8) is 0 Å². The number of hydrogen-bond acceptors (Lipinski definition) is 3. The summed E-state index contributed by atoms with van der Waals surface area (Å²) in [5, 5.41) is 1.07. The molecule has 5 heteroatoms. The highest BCUT2D eigenvalue weighted by molar-refractivity contribution is 5.98. The van der Waals surface area contributed by atoms with E-state index in [1.165, 1.54) is 5.69 Å². The molecule has 25 heavy (non-hydrogen) atoms. The van der Waals surface area contributed by atoms with E-state index in [1.807, 2.05) is 47.5 Å². The zero-order valence-corrected chi connectivity index (χ0v) is 14.2. The van der Waals surface area contributed by atoms with Crippen molar-refractivity contribution in [1.82, 2.24) is 9.88 Å². The molecule has 0 radical (unpaired) electrons. The van der Waals surface area contributed by atoms with Crippen LogP contribution in [-0.4, -0.2) is 49.1 Å². The largest absolute Gasteiger partial charge is 0.497 e. The fourth-order valence-electron chi connectivity index (χ4n) is 3.33. The van der Waals surface area contributed by atoms with Gasteiger partial charge in [-0.3, -0.25) is 4.79 Å². The fourth-order valence-corrected chi connectivity index (χ4v) is 3.33. The van der Waals surface area contributed by atoms with Gasteiger partial charge in [-0.25, -0.2) is 0 Å². The topological polar surface area (TPSA) is 48.6 Å². The molecule has 0 spiro atoms. The molecule has 5 nitrogen and oxygen atoms in total. The van der Waals surface area contributed by atoms with Crippen molar-refractivity contribution < 1.29 is 9.53 Å². The van der Waals surface area contributed by atoms with Gasteiger partial charge in [0.25, 0.3) is 5.91 Å². The molecule has 0 unspecified atom stereocenters. The maximum atomic E-state index is 12.8. The van der Waals surface area contributed by atoms with E-state index in [9.17, 15) is 4.79 Å². The number of fused-ring (bicyclic) bond motifs is 1. The van der Waals surface area contributed by atoms with Crippen LogP contribution in [0, 0.1) is 0 Å². The number of piperazine rings is 1. The summed E-state index contributed by atoms with van der Waals surface area (Å²) in [5.74, 6) is 0.968. The van der Waals surface area contributed by atoms with Crippen molar-refractivity contribution in [3.8, 4) is 5.75 Å². The van der Waals surface area contributed by atoms with Crippen molar-refractivity contribution in [1.29, 1.82) is 0 Å². The smallest absolute Gasteiger partial charge is 0.253 e. The maximum absolute atomic E-state index is 12.8. The van der Waals surface area contributed by atoms with Gasteiger partial charge < -0.3 is 19.5 Å². The molecule has 0 atom stereocenters. The van der Waals surface area contributed by atoms with Crippen molar-refractivity contribution in [2.75, 3.05) is 38.2 Å². The molecule has 2 aromatic carbocycles.